The van der Waals surface area contributed by atoms with Crippen LogP contribution in [0.15, 0.2) is 71.0 Å². The van der Waals surface area contributed by atoms with Gasteiger partial charge in [0.05, 0.1) is 10.1 Å². The molecule has 1 heterocycles. The van der Waals surface area contributed by atoms with Gasteiger partial charge in [-0.1, -0.05) is 53.7 Å². The summed E-state index contributed by atoms with van der Waals surface area (Å²) < 4.78 is 29.0. The second kappa shape index (κ2) is 8.09. The van der Waals surface area contributed by atoms with Gasteiger partial charge >= 0.3 is 0 Å². The highest BCUT2D eigenvalue weighted by Gasteiger charge is 2.21. The number of hydrogen-bond acceptors (Lipinski definition) is 6. The van der Waals surface area contributed by atoms with E-state index >= 15 is 0 Å². The molecule has 0 saturated carbocycles. The zero-order valence-corrected chi connectivity index (χ0v) is 15.9. The highest BCUT2D eigenvalue weighted by molar-refractivity contribution is 7.99. The molecule has 26 heavy (non-hydrogen) atoms. The fraction of sp³-hybridized carbons (Fsp3) is 0.125. The van der Waals surface area contributed by atoms with Gasteiger partial charge in [0.2, 0.25) is 15.2 Å². The first-order valence-electron chi connectivity index (χ1n) is 7.57. The maximum absolute atomic E-state index is 12.5. The van der Waals surface area contributed by atoms with Crippen LogP contribution in [0.4, 0.5) is 0 Å². The molecule has 3 aromatic rings. The van der Waals surface area contributed by atoms with E-state index in [0.717, 1.165) is 5.56 Å². The van der Waals surface area contributed by atoms with Crippen molar-refractivity contribution in [3.8, 4) is 0 Å². The van der Waals surface area contributed by atoms with Crippen molar-refractivity contribution in [2.75, 3.05) is 12.4 Å². The molecule has 0 saturated heterocycles. The molecule has 0 bridgehead atoms. The van der Waals surface area contributed by atoms with Gasteiger partial charge < -0.3 is 5.84 Å². The van der Waals surface area contributed by atoms with Crippen LogP contribution in [0.3, 0.4) is 0 Å². The Hall–Kier alpha value is -2.07. The highest BCUT2D eigenvalue weighted by Crippen LogP contribution is 2.33. The lowest BCUT2D eigenvalue weighted by atomic mass is 10.1. The molecule has 0 fully saturated rings. The summed E-state index contributed by atoms with van der Waals surface area (Å²) in [6.45, 7) is 0.159. The Morgan fingerprint density at radius 2 is 1.85 bits per heavy atom. The van der Waals surface area contributed by atoms with E-state index in [1.165, 1.54) is 47.0 Å². The van der Waals surface area contributed by atoms with E-state index in [1.807, 2.05) is 30.3 Å². The number of nitrogens with one attached hydrogen (secondary N) is 1. The van der Waals surface area contributed by atoms with Gasteiger partial charge in [-0.3, -0.25) is 0 Å². The van der Waals surface area contributed by atoms with Crippen LogP contribution in [-0.4, -0.2) is 29.8 Å². The molecule has 3 rings (SSSR count). The van der Waals surface area contributed by atoms with E-state index in [0.29, 0.717) is 10.2 Å². The Kier molecular flexibility index (Phi) is 5.82. The van der Waals surface area contributed by atoms with Gasteiger partial charge in [0.25, 0.3) is 0 Å². The molecular weight excluding hydrogens is 394 g/mol. The quantitative estimate of drug-likeness (QED) is 0.459. The van der Waals surface area contributed by atoms with Gasteiger partial charge in [-0.2, -0.15) is 0 Å². The molecule has 1 aromatic heterocycles. The number of thioether (sulfide) groups is 1. The molecular formula is C16H16ClN5O2S2. The number of halogens is 1. The molecule has 3 N–H and O–H groups in total. The van der Waals surface area contributed by atoms with E-state index in [9.17, 15) is 8.42 Å². The molecule has 0 radical (unpaired) electrons. The summed E-state index contributed by atoms with van der Waals surface area (Å²) in [7, 11) is -3.67. The second-order valence-electron chi connectivity index (χ2n) is 5.34. The van der Waals surface area contributed by atoms with Crippen LogP contribution >= 0.6 is 23.4 Å². The second-order valence-corrected chi connectivity index (χ2v) is 8.72. The molecule has 0 amide bonds. The number of rotatable bonds is 7. The summed E-state index contributed by atoms with van der Waals surface area (Å²) in [6, 6.07) is 15.5. The zero-order chi connectivity index (χ0) is 18.6. The van der Waals surface area contributed by atoms with Crippen molar-refractivity contribution in [3.05, 3.63) is 71.5 Å². The van der Waals surface area contributed by atoms with Crippen molar-refractivity contribution in [2.45, 2.75) is 15.3 Å². The van der Waals surface area contributed by atoms with Crippen molar-refractivity contribution >= 4 is 33.4 Å². The Bertz CT molecular complexity index is 962. The zero-order valence-electron chi connectivity index (χ0n) is 13.5. The molecule has 0 aliphatic heterocycles. The van der Waals surface area contributed by atoms with Crippen LogP contribution < -0.4 is 10.6 Å². The largest absolute Gasteiger partial charge is 0.336 e. The van der Waals surface area contributed by atoms with Crippen molar-refractivity contribution in [1.29, 1.82) is 0 Å². The maximum atomic E-state index is 12.5. The average Bonchev–Trinajstić information content (AvgIpc) is 3.04. The molecule has 2 aromatic carbocycles. The van der Waals surface area contributed by atoms with Gasteiger partial charge in [0.15, 0.2) is 0 Å². The van der Waals surface area contributed by atoms with Crippen molar-refractivity contribution < 1.29 is 8.42 Å². The molecule has 0 aliphatic rings. The van der Waals surface area contributed by atoms with Gasteiger partial charge in [0, 0.05) is 11.6 Å². The third kappa shape index (κ3) is 4.55. The van der Waals surface area contributed by atoms with Crippen molar-refractivity contribution in [3.63, 3.8) is 0 Å². The Labute approximate surface area is 160 Å². The number of nitrogens with two attached hydrogens (primary N) is 1. The number of aromatic nitrogens is 3. The first-order valence-corrected chi connectivity index (χ1v) is 10.3. The van der Waals surface area contributed by atoms with E-state index < -0.39 is 10.0 Å². The maximum Gasteiger partial charge on any atom is 0.240 e. The number of nitrogen functional groups attached to an aromatic ring is 1. The predicted octanol–water partition coefficient (Wildman–Crippen LogP) is 2.46. The summed E-state index contributed by atoms with van der Waals surface area (Å²) in [6.07, 6.45) is 1.39. The number of benzene rings is 2. The van der Waals surface area contributed by atoms with Gasteiger partial charge in [-0.15, -0.1) is 10.2 Å². The van der Waals surface area contributed by atoms with Gasteiger partial charge in [-0.25, -0.2) is 17.8 Å². The molecule has 0 aliphatic carbocycles. The third-order valence-electron chi connectivity index (χ3n) is 3.54. The molecule has 10 heteroatoms. The summed E-state index contributed by atoms with van der Waals surface area (Å²) >= 11 is 7.15. The fourth-order valence-electron chi connectivity index (χ4n) is 2.22. The predicted molar refractivity (Wildman–Crippen MR) is 102 cm³/mol. The van der Waals surface area contributed by atoms with Crippen LogP contribution in [0.2, 0.25) is 5.02 Å². The van der Waals surface area contributed by atoms with E-state index in [4.69, 9.17) is 17.4 Å². The topological polar surface area (TPSA) is 103 Å². The highest BCUT2D eigenvalue weighted by atomic mass is 35.5. The van der Waals surface area contributed by atoms with Crippen molar-refractivity contribution in [1.82, 2.24) is 19.6 Å². The minimum atomic E-state index is -3.67. The van der Waals surface area contributed by atoms with Crippen LogP contribution in [-0.2, 0) is 10.0 Å². The number of hydrogen-bond donors (Lipinski definition) is 2. The lowest BCUT2D eigenvalue weighted by Crippen LogP contribution is -2.28. The van der Waals surface area contributed by atoms with Gasteiger partial charge in [0.1, 0.15) is 6.33 Å². The lowest BCUT2D eigenvalue weighted by Gasteiger charge is -2.17. The molecule has 136 valence electrons. The minimum Gasteiger partial charge on any atom is -0.336 e. The SMILES string of the molecule is Nn1cnnc1S[C@@H](CNS(=O)(=O)c1ccc(Cl)cc1)c1ccccc1. The van der Waals surface area contributed by atoms with Crippen LogP contribution in [0.1, 0.15) is 10.8 Å². The summed E-state index contributed by atoms with van der Waals surface area (Å²) in [5, 5.41) is 8.44. The first-order chi connectivity index (χ1) is 12.5. The van der Waals surface area contributed by atoms with Gasteiger partial charge in [-0.05, 0) is 29.8 Å². The number of sulfonamides is 1. The van der Waals surface area contributed by atoms with Crippen LogP contribution in [0, 0.1) is 0 Å². The number of nitrogens with zero attached hydrogens (tertiary/aromatic N) is 3. The summed E-state index contributed by atoms with van der Waals surface area (Å²) in [5.74, 6) is 5.77. The molecule has 1 atom stereocenters. The minimum absolute atomic E-state index is 0.153. The summed E-state index contributed by atoms with van der Waals surface area (Å²) in [4.78, 5) is 0.153. The molecule has 0 unspecified atom stereocenters. The van der Waals surface area contributed by atoms with Crippen LogP contribution in [0.5, 0.6) is 0 Å². The normalized spacial score (nSPS) is 12.8. The third-order valence-corrected chi connectivity index (χ3v) is 6.46. The fourth-order valence-corrected chi connectivity index (χ4v) is 4.48. The molecule has 0 spiro atoms. The van der Waals surface area contributed by atoms with E-state index in [2.05, 4.69) is 14.9 Å². The van der Waals surface area contributed by atoms with Crippen molar-refractivity contribution in [2.24, 2.45) is 0 Å². The summed E-state index contributed by atoms with van der Waals surface area (Å²) in [5.41, 5.74) is 0.944. The van der Waals surface area contributed by atoms with E-state index in [-0.39, 0.29) is 16.7 Å². The monoisotopic (exact) mass is 409 g/mol. The Morgan fingerprint density at radius 3 is 2.46 bits per heavy atom. The Balaban J connectivity index is 1.79. The average molecular weight is 410 g/mol. The lowest BCUT2D eigenvalue weighted by molar-refractivity contribution is 0.581. The van der Waals surface area contributed by atoms with Crippen LogP contribution in [0.25, 0.3) is 0 Å². The Morgan fingerprint density at radius 1 is 1.15 bits per heavy atom. The first kappa shape index (κ1) is 18.7. The van der Waals surface area contributed by atoms with E-state index in [1.54, 1.807) is 0 Å². The molecule has 7 nitrogen and oxygen atoms in total. The standard InChI is InChI=1S/C16H16ClN5O2S2/c17-13-6-8-14(9-7-13)26(23,24)20-10-15(12-4-2-1-3-5-12)25-16-21-19-11-22(16)18/h1-9,11,15,20H,10,18H2/t15-/m0/s1. The smallest absolute Gasteiger partial charge is 0.240 e.